The lowest BCUT2D eigenvalue weighted by atomic mass is 9.68. The van der Waals surface area contributed by atoms with Crippen molar-refractivity contribution in [2.45, 2.75) is 90.6 Å². The summed E-state index contributed by atoms with van der Waals surface area (Å²) < 4.78 is 5.76. The Morgan fingerprint density at radius 3 is 2.14 bits per heavy atom. The molecule has 2 aliphatic rings. The minimum Gasteiger partial charge on any atom is -0.376 e. The SMILES string of the molecule is CC=CCCOCc1ccc(C2CCC(C3CCC(C=CCC)CC3)CC2)cc1. The molecule has 0 amide bonds. The van der Waals surface area contributed by atoms with E-state index in [1.807, 2.05) is 0 Å². The second-order valence-corrected chi connectivity index (χ2v) is 9.27. The third-order valence-corrected chi connectivity index (χ3v) is 7.28. The second kappa shape index (κ2) is 12.4. The molecule has 29 heavy (non-hydrogen) atoms. The highest BCUT2D eigenvalue weighted by atomic mass is 16.5. The first-order chi connectivity index (χ1) is 14.3. The molecular formula is C28H42O. The van der Waals surface area contributed by atoms with Crippen molar-refractivity contribution in [3.63, 3.8) is 0 Å². The van der Waals surface area contributed by atoms with E-state index >= 15 is 0 Å². The van der Waals surface area contributed by atoms with Crippen LogP contribution in [-0.4, -0.2) is 6.61 Å². The maximum Gasteiger partial charge on any atom is 0.0717 e. The lowest BCUT2D eigenvalue weighted by molar-refractivity contribution is 0.125. The van der Waals surface area contributed by atoms with Gasteiger partial charge >= 0.3 is 0 Å². The predicted molar refractivity (Wildman–Crippen MR) is 125 cm³/mol. The Labute approximate surface area is 179 Å². The summed E-state index contributed by atoms with van der Waals surface area (Å²) in [5.74, 6) is 3.64. The molecule has 0 radical (unpaired) electrons. The Kier molecular flexibility index (Phi) is 9.54. The largest absolute Gasteiger partial charge is 0.376 e. The monoisotopic (exact) mass is 394 g/mol. The number of allylic oxidation sites excluding steroid dienone is 3. The molecule has 0 unspecified atom stereocenters. The normalized spacial score (nSPS) is 28.3. The van der Waals surface area contributed by atoms with Crippen LogP contribution in [0.2, 0.25) is 0 Å². The molecule has 0 N–H and O–H groups in total. The zero-order valence-electron chi connectivity index (χ0n) is 18.8. The molecule has 0 aliphatic heterocycles. The van der Waals surface area contributed by atoms with Crippen LogP contribution in [0.3, 0.4) is 0 Å². The van der Waals surface area contributed by atoms with Crippen molar-refractivity contribution in [3.8, 4) is 0 Å². The fourth-order valence-electron chi connectivity index (χ4n) is 5.46. The van der Waals surface area contributed by atoms with Crippen molar-refractivity contribution in [1.82, 2.24) is 0 Å². The molecule has 2 fully saturated rings. The van der Waals surface area contributed by atoms with E-state index in [4.69, 9.17) is 4.74 Å². The van der Waals surface area contributed by atoms with Crippen molar-refractivity contribution in [1.29, 1.82) is 0 Å². The van der Waals surface area contributed by atoms with Crippen LogP contribution < -0.4 is 0 Å². The van der Waals surface area contributed by atoms with Gasteiger partial charge in [0.05, 0.1) is 13.2 Å². The smallest absolute Gasteiger partial charge is 0.0717 e. The highest BCUT2D eigenvalue weighted by molar-refractivity contribution is 5.25. The second-order valence-electron chi connectivity index (χ2n) is 9.27. The summed E-state index contributed by atoms with van der Waals surface area (Å²) in [4.78, 5) is 0. The van der Waals surface area contributed by atoms with E-state index in [-0.39, 0.29) is 0 Å². The van der Waals surface area contributed by atoms with E-state index in [0.29, 0.717) is 0 Å². The zero-order valence-corrected chi connectivity index (χ0v) is 18.8. The highest BCUT2D eigenvalue weighted by Gasteiger charge is 2.30. The van der Waals surface area contributed by atoms with E-state index < -0.39 is 0 Å². The lowest BCUT2D eigenvalue weighted by Gasteiger charge is -2.37. The molecule has 3 rings (SSSR count). The molecule has 2 aliphatic carbocycles. The van der Waals surface area contributed by atoms with Gasteiger partial charge in [0, 0.05) is 0 Å². The molecule has 0 atom stereocenters. The van der Waals surface area contributed by atoms with Crippen LogP contribution in [0.5, 0.6) is 0 Å². The molecule has 1 aromatic carbocycles. The Bertz CT molecular complexity index is 610. The lowest BCUT2D eigenvalue weighted by Crippen LogP contribution is -2.25. The third-order valence-electron chi connectivity index (χ3n) is 7.28. The van der Waals surface area contributed by atoms with Gasteiger partial charge in [0.15, 0.2) is 0 Å². The van der Waals surface area contributed by atoms with Gasteiger partial charge in [0.2, 0.25) is 0 Å². The molecule has 0 saturated heterocycles. The van der Waals surface area contributed by atoms with E-state index in [0.717, 1.165) is 43.3 Å². The Balaban J connectivity index is 1.38. The first-order valence-corrected chi connectivity index (χ1v) is 12.2. The number of benzene rings is 1. The van der Waals surface area contributed by atoms with Crippen molar-refractivity contribution in [2.24, 2.45) is 17.8 Å². The average molecular weight is 395 g/mol. The molecule has 2 saturated carbocycles. The van der Waals surface area contributed by atoms with Crippen LogP contribution >= 0.6 is 0 Å². The number of rotatable bonds is 9. The average Bonchev–Trinajstić information content (AvgIpc) is 2.78. The molecule has 160 valence electrons. The molecule has 1 nitrogen and oxygen atoms in total. The summed E-state index contributed by atoms with van der Waals surface area (Å²) in [5.41, 5.74) is 2.85. The Hall–Kier alpha value is -1.34. The Morgan fingerprint density at radius 1 is 0.862 bits per heavy atom. The van der Waals surface area contributed by atoms with E-state index in [1.54, 1.807) is 5.56 Å². The topological polar surface area (TPSA) is 9.23 Å². The third kappa shape index (κ3) is 7.14. The number of hydrogen-bond acceptors (Lipinski definition) is 1. The van der Waals surface area contributed by atoms with E-state index in [2.05, 4.69) is 62.4 Å². The van der Waals surface area contributed by atoms with Gasteiger partial charge in [-0.05, 0) is 106 Å². The summed E-state index contributed by atoms with van der Waals surface area (Å²) in [6, 6.07) is 9.28. The fourth-order valence-corrected chi connectivity index (χ4v) is 5.46. The molecule has 0 bridgehead atoms. The summed E-state index contributed by atoms with van der Waals surface area (Å²) in [6.45, 7) is 5.85. The molecule has 0 spiro atoms. The molecule has 1 heteroatoms. The van der Waals surface area contributed by atoms with Gasteiger partial charge in [-0.3, -0.25) is 0 Å². The number of ether oxygens (including phenoxy) is 1. The van der Waals surface area contributed by atoms with Crippen LogP contribution in [0, 0.1) is 17.8 Å². The predicted octanol–water partition coefficient (Wildman–Crippen LogP) is 8.22. The quantitative estimate of drug-likeness (QED) is 0.303. The fraction of sp³-hybridized carbons (Fsp3) is 0.643. The van der Waals surface area contributed by atoms with Crippen molar-refractivity contribution < 1.29 is 4.74 Å². The van der Waals surface area contributed by atoms with Crippen LogP contribution in [-0.2, 0) is 11.3 Å². The zero-order chi connectivity index (χ0) is 20.3. The van der Waals surface area contributed by atoms with Gasteiger partial charge in [0.1, 0.15) is 0 Å². The van der Waals surface area contributed by atoms with Crippen LogP contribution in [0.4, 0.5) is 0 Å². The van der Waals surface area contributed by atoms with Crippen molar-refractivity contribution in [3.05, 3.63) is 59.7 Å². The molecule has 0 aromatic heterocycles. The van der Waals surface area contributed by atoms with Crippen molar-refractivity contribution >= 4 is 0 Å². The van der Waals surface area contributed by atoms with Gasteiger partial charge < -0.3 is 4.74 Å². The van der Waals surface area contributed by atoms with Gasteiger partial charge in [-0.15, -0.1) is 0 Å². The summed E-state index contributed by atoms with van der Waals surface area (Å²) in [7, 11) is 0. The first kappa shape index (κ1) is 22.3. The van der Waals surface area contributed by atoms with Gasteiger partial charge in [-0.2, -0.15) is 0 Å². The minimum absolute atomic E-state index is 0.737. The van der Waals surface area contributed by atoms with E-state index in [9.17, 15) is 0 Å². The number of hydrogen-bond donors (Lipinski definition) is 0. The van der Waals surface area contributed by atoms with Gasteiger partial charge in [-0.25, -0.2) is 0 Å². The maximum atomic E-state index is 5.76. The standard InChI is InChI=1S/C28H42O/c1-3-5-7-21-29-22-24-11-15-26(16-12-24)28-19-17-27(18-20-28)25-13-9-23(10-14-25)8-6-4-2/h3,5-6,8,11-12,15-16,23,25,27-28H,4,7,9-10,13-14,17-22H2,1-2H3. The van der Waals surface area contributed by atoms with Crippen LogP contribution in [0.1, 0.15) is 95.1 Å². The Morgan fingerprint density at radius 2 is 1.52 bits per heavy atom. The molecule has 0 heterocycles. The maximum absolute atomic E-state index is 5.76. The molecular weight excluding hydrogens is 352 g/mol. The summed E-state index contributed by atoms with van der Waals surface area (Å²) in [6.07, 6.45) is 22.8. The van der Waals surface area contributed by atoms with Gasteiger partial charge in [-0.1, -0.05) is 55.5 Å². The minimum atomic E-state index is 0.737. The van der Waals surface area contributed by atoms with Gasteiger partial charge in [0.25, 0.3) is 0 Å². The van der Waals surface area contributed by atoms with Crippen LogP contribution in [0.15, 0.2) is 48.6 Å². The first-order valence-electron chi connectivity index (χ1n) is 12.2. The molecule has 1 aromatic rings. The summed E-state index contributed by atoms with van der Waals surface area (Å²) >= 11 is 0. The highest BCUT2D eigenvalue weighted by Crippen LogP contribution is 2.44. The van der Waals surface area contributed by atoms with Crippen LogP contribution in [0.25, 0.3) is 0 Å². The summed E-state index contributed by atoms with van der Waals surface area (Å²) in [5, 5.41) is 0. The van der Waals surface area contributed by atoms with E-state index in [1.165, 1.54) is 63.4 Å². The van der Waals surface area contributed by atoms with Crippen molar-refractivity contribution in [2.75, 3.05) is 6.61 Å².